The predicted molar refractivity (Wildman–Crippen MR) is 97.0 cm³/mol. The minimum Gasteiger partial charge on any atom is -0.492 e. The standard InChI is InChI=1S/C18H22N2O2S/c23-18(20-13-17-6-3-10-21-17)19-9-11-22-16-8-7-14-4-1-2-5-15(14)12-16/h1-2,4-5,7-8,12,17H,3,6,9-11,13H2,(H2,19,20,23)/t17-/m0/s1. The van der Waals surface area contributed by atoms with Gasteiger partial charge in [0.2, 0.25) is 0 Å². The molecule has 1 aliphatic rings. The zero-order valence-corrected chi connectivity index (χ0v) is 13.9. The van der Waals surface area contributed by atoms with Crippen molar-refractivity contribution in [1.82, 2.24) is 10.6 Å². The first kappa shape index (κ1) is 16.0. The van der Waals surface area contributed by atoms with Crippen LogP contribution in [0.1, 0.15) is 12.8 Å². The number of ether oxygens (including phenoxy) is 2. The van der Waals surface area contributed by atoms with Gasteiger partial charge in [0.25, 0.3) is 0 Å². The van der Waals surface area contributed by atoms with Crippen LogP contribution in [0, 0.1) is 0 Å². The van der Waals surface area contributed by atoms with Crippen LogP contribution in [0.4, 0.5) is 0 Å². The van der Waals surface area contributed by atoms with E-state index in [1.807, 2.05) is 18.2 Å². The van der Waals surface area contributed by atoms with Crippen LogP contribution in [0.5, 0.6) is 5.75 Å². The van der Waals surface area contributed by atoms with Crippen LogP contribution in [0.25, 0.3) is 10.8 Å². The average molecular weight is 330 g/mol. The topological polar surface area (TPSA) is 42.5 Å². The minimum absolute atomic E-state index is 0.295. The van der Waals surface area contributed by atoms with Crippen molar-refractivity contribution in [2.75, 3.05) is 26.3 Å². The molecule has 4 nitrogen and oxygen atoms in total. The molecule has 1 aliphatic heterocycles. The molecular formula is C18H22N2O2S. The van der Waals surface area contributed by atoms with Gasteiger partial charge in [-0.3, -0.25) is 0 Å². The Labute approximate surface area is 142 Å². The molecule has 0 aliphatic carbocycles. The van der Waals surface area contributed by atoms with E-state index >= 15 is 0 Å². The molecule has 0 aromatic heterocycles. The van der Waals surface area contributed by atoms with Gasteiger partial charge in [0.1, 0.15) is 12.4 Å². The largest absolute Gasteiger partial charge is 0.492 e. The van der Waals surface area contributed by atoms with Crippen LogP contribution in [0.15, 0.2) is 42.5 Å². The third-order valence-electron chi connectivity index (χ3n) is 3.89. The van der Waals surface area contributed by atoms with Gasteiger partial charge in [0.15, 0.2) is 5.11 Å². The Hall–Kier alpha value is -1.85. The van der Waals surface area contributed by atoms with E-state index < -0.39 is 0 Å². The highest BCUT2D eigenvalue weighted by Crippen LogP contribution is 2.20. The molecule has 1 fully saturated rings. The highest BCUT2D eigenvalue weighted by molar-refractivity contribution is 7.80. The van der Waals surface area contributed by atoms with Gasteiger partial charge >= 0.3 is 0 Å². The summed E-state index contributed by atoms with van der Waals surface area (Å²) >= 11 is 5.25. The zero-order chi connectivity index (χ0) is 15.9. The minimum atomic E-state index is 0.295. The number of hydrogen-bond donors (Lipinski definition) is 2. The lowest BCUT2D eigenvalue weighted by Crippen LogP contribution is -2.40. The summed E-state index contributed by atoms with van der Waals surface area (Å²) in [6.45, 7) is 2.88. The summed E-state index contributed by atoms with van der Waals surface area (Å²) in [5.41, 5.74) is 0. The quantitative estimate of drug-likeness (QED) is 0.630. The monoisotopic (exact) mass is 330 g/mol. The van der Waals surface area contributed by atoms with E-state index in [0.717, 1.165) is 31.7 Å². The van der Waals surface area contributed by atoms with Crippen LogP contribution in [0.3, 0.4) is 0 Å². The molecule has 3 rings (SSSR count). The number of fused-ring (bicyclic) bond motifs is 1. The molecule has 0 bridgehead atoms. The fourth-order valence-electron chi connectivity index (χ4n) is 2.66. The molecule has 0 spiro atoms. The fourth-order valence-corrected chi connectivity index (χ4v) is 2.85. The predicted octanol–water partition coefficient (Wildman–Crippen LogP) is 2.86. The van der Waals surface area contributed by atoms with Gasteiger partial charge in [-0.25, -0.2) is 0 Å². The van der Waals surface area contributed by atoms with Crippen LogP contribution >= 0.6 is 12.2 Å². The zero-order valence-electron chi connectivity index (χ0n) is 13.1. The molecule has 2 N–H and O–H groups in total. The number of nitrogens with one attached hydrogen (secondary N) is 2. The Kier molecular flexibility index (Phi) is 5.66. The van der Waals surface area contributed by atoms with E-state index in [1.165, 1.54) is 10.8 Å². The van der Waals surface area contributed by atoms with Crippen molar-refractivity contribution >= 4 is 28.1 Å². The second-order valence-corrected chi connectivity index (χ2v) is 6.04. The summed E-state index contributed by atoms with van der Waals surface area (Å²) in [6.07, 6.45) is 2.55. The molecule has 1 heterocycles. The van der Waals surface area contributed by atoms with Gasteiger partial charge in [0.05, 0.1) is 12.6 Å². The van der Waals surface area contributed by atoms with Crippen LogP contribution in [-0.2, 0) is 4.74 Å². The van der Waals surface area contributed by atoms with Gasteiger partial charge in [0, 0.05) is 13.2 Å². The summed E-state index contributed by atoms with van der Waals surface area (Å²) < 4.78 is 11.3. The molecule has 23 heavy (non-hydrogen) atoms. The smallest absolute Gasteiger partial charge is 0.166 e. The highest BCUT2D eigenvalue weighted by atomic mass is 32.1. The second kappa shape index (κ2) is 8.13. The third kappa shape index (κ3) is 4.81. The Morgan fingerprint density at radius 2 is 2.04 bits per heavy atom. The molecule has 0 saturated carbocycles. The molecule has 0 amide bonds. The lowest BCUT2D eigenvalue weighted by Gasteiger charge is -2.14. The van der Waals surface area contributed by atoms with E-state index in [2.05, 4.69) is 34.9 Å². The van der Waals surface area contributed by atoms with E-state index in [4.69, 9.17) is 21.7 Å². The Bertz CT molecular complexity index is 656. The number of rotatable bonds is 6. The van der Waals surface area contributed by atoms with Gasteiger partial charge in [-0.1, -0.05) is 30.3 Å². The van der Waals surface area contributed by atoms with Crippen molar-refractivity contribution in [3.05, 3.63) is 42.5 Å². The molecule has 122 valence electrons. The first-order valence-electron chi connectivity index (χ1n) is 8.06. The first-order valence-corrected chi connectivity index (χ1v) is 8.47. The fraction of sp³-hybridized carbons (Fsp3) is 0.389. The normalized spacial score (nSPS) is 17.1. The summed E-state index contributed by atoms with van der Waals surface area (Å²) in [7, 11) is 0. The molecular weight excluding hydrogens is 308 g/mol. The number of thiocarbonyl (C=S) groups is 1. The van der Waals surface area contributed by atoms with E-state index in [1.54, 1.807) is 0 Å². The Morgan fingerprint density at radius 3 is 2.87 bits per heavy atom. The number of benzene rings is 2. The maximum atomic E-state index is 5.77. The van der Waals surface area contributed by atoms with Gasteiger partial charge < -0.3 is 20.1 Å². The maximum Gasteiger partial charge on any atom is 0.166 e. The maximum absolute atomic E-state index is 5.77. The summed E-state index contributed by atoms with van der Waals surface area (Å²) in [5.74, 6) is 0.878. The molecule has 0 radical (unpaired) electrons. The van der Waals surface area contributed by atoms with Gasteiger partial charge in [-0.2, -0.15) is 0 Å². The third-order valence-corrected chi connectivity index (χ3v) is 4.18. The Balaban J connectivity index is 1.36. The first-order chi connectivity index (χ1) is 11.3. The van der Waals surface area contributed by atoms with Crippen molar-refractivity contribution < 1.29 is 9.47 Å². The molecule has 0 unspecified atom stereocenters. The van der Waals surface area contributed by atoms with E-state index in [-0.39, 0.29) is 0 Å². The van der Waals surface area contributed by atoms with Crippen molar-refractivity contribution in [2.45, 2.75) is 18.9 Å². The van der Waals surface area contributed by atoms with Crippen molar-refractivity contribution in [3.8, 4) is 5.75 Å². The van der Waals surface area contributed by atoms with E-state index in [9.17, 15) is 0 Å². The Morgan fingerprint density at radius 1 is 1.17 bits per heavy atom. The second-order valence-electron chi connectivity index (χ2n) is 5.63. The van der Waals surface area contributed by atoms with Crippen molar-refractivity contribution in [2.24, 2.45) is 0 Å². The van der Waals surface area contributed by atoms with E-state index in [0.29, 0.717) is 24.4 Å². The molecule has 1 saturated heterocycles. The molecule has 5 heteroatoms. The average Bonchev–Trinajstić information content (AvgIpc) is 3.10. The van der Waals surface area contributed by atoms with Crippen molar-refractivity contribution in [3.63, 3.8) is 0 Å². The lowest BCUT2D eigenvalue weighted by atomic mass is 10.1. The van der Waals surface area contributed by atoms with Gasteiger partial charge in [-0.15, -0.1) is 0 Å². The molecule has 2 aromatic rings. The van der Waals surface area contributed by atoms with Crippen LogP contribution in [-0.4, -0.2) is 37.5 Å². The molecule has 1 atom stereocenters. The summed E-state index contributed by atoms with van der Waals surface area (Å²) in [6, 6.07) is 14.4. The van der Waals surface area contributed by atoms with Crippen LogP contribution < -0.4 is 15.4 Å². The summed E-state index contributed by atoms with van der Waals surface area (Å²) in [5, 5.41) is 9.40. The molecule has 2 aromatic carbocycles. The van der Waals surface area contributed by atoms with Crippen LogP contribution in [0.2, 0.25) is 0 Å². The van der Waals surface area contributed by atoms with Gasteiger partial charge in [-0.05, 0) is 48.0 Å². The number of hydrogen-bond acceptors (Lipinski definition) is 3. The summed E-state index contributed by atoms with van der Waals surface area (Å²) in [4.78, 5) is 0. The SMILES string of the molecule is S=C(NCCOc1ccc2ccccc2c1)NC[C@@H]1CCCO1. The lowest BCUT2D eigenvalue weighted by molar-refractivity contribution is 0.114. The van der Waals surface area contributed by atoms with Crippen molar-refractivity contribution in [1.29, 1.82) is 0 Å². The highest BCUT2D eigenvalue weighted by Gasteiger charge is 2.14.